The average molecular weight is 278 g/mol. The Morgan fingerprint density at radius 3 is 2.55 bits per heavy atom. The van der Waals surface area contributed by atoms with Crippen molar-refractivity contribution in [2.75, 3.05) is 39.3 Å². The second-order valence-electron chi connectivity index (χ2n) is 5.41. The highest BCUT2D eigenvalue weighted by Gasteiger charge is 2.21. The van der Waals surface area contributed by atoms with Gasteiger partial charge in [-0.1, -0.05) is 13.0 Å². The van der Waals surface area contributed by atoms with Gasteiger partial charge < -0.3 is 10.3 Å². The first-order valence-electron chi connectivity index (χ1n) is 7.56. The fourth-order valence-corrected chi connectivity index (χ4v) is 2.82. The summed E-state index contributed by atoms with van der Waals surface area (Å²) in [5.41, 5.74) is 5.89. The van der Waals surface area contributed by atoms with Crippen molar-refractivity contribution in [3.05, 3.63) is 34.7 Å². The number of rotatable bonds is 6. The van der Waals surface area contributed by atoms with E-state index in [0.29, 0.717) is 6.04 Å². The molecule has 1 aliphatic rings. The van der Waals surface area contributed by atoms with Gasteiger partial charge in [-0.2, -0.15) is 0 Å². The Morgan fingerprint density at radius 1 is 1.20 bits per heavy atom. The molecule has 0 bridgehead atoms. The Bertz CT molecular complexity index is 447. The minimum Gasteiger partial charge on any atom is -0.329 e. The van der Waals surface area contributed by atoms with E-state index in [4.69, 9.17) is 5.73 Å². The second-order valence-corrected chi connectivity index (χ2v) is 5.41. The summed E-state index contributed by atoms with van der Waals surface area (Å²) in [6, 6.07) is 5.83. The maximum absolute atomic E-state index is 11.6. The molecule has 1 fully saturated rings. The largest absolute Gasteiger partial charge is 0.329 e. The van der Waals surface area contributed by atoms with Crippen LogP contribution < -0.4 is 11.3 Å². The van der Waals surface area contributed by atoms with Crippen molar-refractivity contribution in [1.29, 1.82) is 0 Å². The normalized spacial score (nSPS) is 19.1. The number of hydrogen-bond acceptors (Lipinski definition) is 4. The van der Waals surface area contributed by atoms with Crippen LogP contribution in [0.5, 0.6) is 0 Å². The van der Waals surface area contributed by atoms with E-state index >= 15 is 0 Å². The highest BCUT2D eigenvalue weighted by molar-refractivity contribution is 4.93. The van der Waals surface area contributed by atoms with Gasteiger partial charge in [0.05, 0.1) is 0 Å². The highest BCUT2D eigenvalue weighted by Crippen LogP contribution is 2.08. The minimum atomic E-state index is 0.0836. The molecule has 5 heteroatoms. The molecule has 0 aromatic carbocycles. The monoisotopic (exact) mass is 278 g/mol. The number of piperazine rings is 1. The average Bonchev–Trinajstić information content (AvgIpc) is 2.49. The lowest BCUT2D eigenvalue weighted by Gasteiger charge is -2.38. The van der Waals surface area contributed by atoms with Crippen molar-refractivity contribution in [1.82, 2.24) is 14.4 Å². The Hall–Kier alpha value is -1.17. The molecule has 2 rings (SSSR count). The fraction of sp³-hybridized carbons (Fsp3) is 0.667. The zero-order valence-corrected chi connectivity index (χ0v) is 12.4. The lowest BCUT2D eigenvalue weighted by molar-refractivity contribution is 0.0945. The quantitative estimate of drug-likeness (QED) is 0.808. The summed E-state index contributed by atoms with van der Waals surface area (Å²) in [5.74, 6) is 0. The van der Waals surface area contributed by atoms with E-state index in [1.807, 2.05) is 12.3 Å². The Labute approximate surface area is 121 Å². The molecule has 0 radical (unpaired) electrons. The number of nitrogens with two attached hydrogens (primary N) is 1. The van der Waals surface area contributed by atoms with Gasteiger partial charge in [0.1, 0.15) is 0 Å². The van der Waals surface area contributed by atoms with Crippen LogP contribution >= 0.6 is 0 Å². The van der Waals surface area contributed by atoms with Gasteiger partial charge in [-0.05, 0) is 12.5 Å². The molecule has 0 spiro atoms. The first kappa shape index (κ1) is 15.2. The van der Waals surface area contributed by atoms with Gasteiger partial charge in [-0.3, -0.25) is 14.6 Å². The van der Waals surface area contributed by atoms with Crippen molar-refractivity contribution < 1.29 is 0 Å². The second kappa shape index (κ2) is 7.57. The summed E-state index contributed by atoms with van der Waals surface area (Å²) in [5, 5.41) is 0. The summed E-state index contributed by atoms with van der Waals surface area (Å²) in [4.78, 5) is 16.6. The molecule has 20 heavy (non-hydrogen) atoms. The molecule has 1 aliphatic heterocycles. The summed E-state index contributed by atoms with van der Waals surface area (Å²) in [6.45, 7) is 8.96. The van der Waals surface area contributed by atoms with Crippen molar-refractivity contribution in [3.63, 3.8) is 0 Å². The van der Waals surface area contributed by atoms with E-state index in [1.165, 1.54) is 0 Å². The zero-order chi connectivity index (χ0) is 14.4. The maximum Gasteiger partial charge on any atom is 0.250 e. The van der Waals surface area contributed by atoms with Gasteiger partial charge >= 0.3 is 0 Å². The van der Waals surface area contributed by atoms with Crippen LogP contribution in [0.3, 0.4) is 0 Å². The van der Waals surface area contributed by atoms with Crippen LogP contribution in [-0.2, 0) is 6.54 Å². The number of aromatic nitrogens is 1. The Kier molecular flexibility index (Phi) is 5.76. The third-order valence-corrected chi connectivity index (χ3v) is 4.22. The van der Waals surface area contributed by atoms with E-state index in [1.54, 1.807) is 16.7 Å². The summed E-state index contributed by atoms with van der Waals surface area (Å²) < 4.78 is 1.78. The predicted octanol–water partition coefficient (Wildman–Crippen LogP) is 0.203. The topological polar surface area (TPSA) is 54.5 Å². The molecule has 1 saturated heterocycles. The Morgan fingerprint density at radius 2 is 1.95 bits per heavy atom. The van der Waals surface area contributed by atoms with E-state index in [9.17, 15) is 4.79 Å². The molecule has 2 heterocycles. The van der Waals surface area contributed by atoms with Gasteiger partial charge in [-0.15, -0.1) is 0 Å². The highest BCUT2D eigenvalue weighted by atomic mass is 16.1. The maximum atomic E-state index is 11.6. The molecular weight excluding hydrogens is 252 g/mol. The van der Waals surface area contributed by atoms with Crippen LogP contribution in [0, 0.1) is 0 Å². The number of hydrogen-bond donors (Lipinski definition) is 1. The van der Waals surface area contributed by atoms with E-state index in [0.717, 1.165) is 52.2 Å². The zero-order valence-electron chi connectivity index (χ0n) is 12.4. The number of pyridine rings is 1. The summed E-state index contributed by atoms with van der Waals surface area (Å²) in [7, 11) is 0. The third-order valence-electron chi connectivity index (χ3n) is 4.22. The molecule has 1 aromatic rings. The first-order valence-corrected chi connectivity index (χ1v) is 7.56. The van der Waals surface area contributed by atoms with Crippen LogP contribution in [-0.4, -0.2) is 59.7 Å². The molecule has 0 saturated carbocycles. The van der Waals surface area contributed by atoms with Crippen LogP contribution in [0.2, 0.25) is 0 Å². The number of nitrogens with zero attached hydrogens (tertiary/aromatic N) is 3. The lowest BCUT2D eigenvalue weighted by atomic mass is 10.1. The molecule has 5 nitrogen and oxygen atoms in total. The molecule has 1 aromatic heterocycles. The Balaban J connectivity index is 1.78. The van der Waals surface area contributed by atoms with E-state index < -0.39 is 0 Å². The van der Waals surface area contributed by atoms with Gasteiger partial charge in [0.2, 0.25) is 0 Å². The van der Waals surface area contributed by atoms with E-state index in [2.05, 4.69) is 16.7 Å². The summed E-state index contributed by atoms with van der Waals surface area (Å²) >= 11 is 0. The fourth-order valence-electron chi connectivity index (χ4n) is 2.82. The van der Waals surface area contributed by atoms with Crippen LogP contribution in [0.1, 0.15) is 13.3 Å². The molecule has 2 N–H and O–H groups in total. The molecule has 0 aliphatic carbocycles. The van der Waals surface area contributed by atoms with Crippen molar-refractivity contribution >= 4 is 0 Å². The van der Waals surface area contributed by atoms with Gasteiger partial charge in [0, 0.05) is 64.1 Å². The van der Waals surface area contributed by atoms with Crippen LogP contribution in [0.25, 0.3) is 0 Å². The SMILES string of the molecule is CCC(CN)N1CCN(CCn2ccccc2=O)CC1. The molecule has 112 valence electrons. The molecule has 0 amide bonds. The van der Waals surface area contributed by atoms with Gasteiger partial charge in [-0.25, -0.2) is 0 Å². The molecule has 1 unspecified atom stereocenters. The summed E-state index contributed by atoms with van der Waals surface area (Å²) in [6.07, 6.45) is 2.98. The van der Waals surface area contributed by atoms with Crippen molar-refractivity contribution in [2.24, 2.45) is 5.73 Å². The third kappa shape index (κ3) is 3.91. The van der Waals surface area contributed by atoms with Crippen LogP contribution in [0.4, 0.5) is 0 Å². The molecule has 1 atom stereocenters. The standard InChI is InChI=1S/C15H26N4O/c1-2-14(13-16)18-10-7-17(8-11-18)9-12-19-6-4-3-5-15(19)20/h3-6,14H,2,7-13,16H2,1H3. The smallest absolute Gasteiger partial charge is 0.250 e. The predicted molar refractivity (Wildman–Crippen MR) is 81.8 cm³/mol. The van der Waals surface area contributed by atoms with E-state index in [-0.39, 0.29) is 5.56 Å². The van der Waals surface area contributed by atoms with Crippen molar-refractivity contribution in [2.45, 2.75) is 25.9 Å². The minimum absolute atomic E-state index is 0.0836. The molecular formula is C15H26N4O. The van der Waals surface area contributed by atoms with Gasteiger partial charge in [0.25, 0.3) is 5.56 Å². The van der Waals surface area contributed by atoms with Gasteiger partial charge in [0.15, 0.2) is 0 Å². The first-order chi connectivity index (χ1) is 9.74. The lowest BCUT2D eigenvalue weighted by Crippen LogP contribution is -2.52. The van der Waals surface area contributed by atoms with Crippen LogP contribution in [0.15, 0.2) is 29.2 Å². The van der Waals surface area contributed by atoms with Crippen molar-refractivity contribution in [3.8, 4) is 0 Å².